The summed E-state index contributed by atoms with van der Waals surface area (Å²) >= 11 is 0. The van der Waals surface area contributed by atoms with Crippen LogP contribution >= 0.6 is 0 Å². The number of hydrogen-bond acceptors (Lipinski definition) is 7. The van der Waals surface area contributed by atoms with Gasteiger partial charge in [0.1, 0.15) is 6.26 Å². The first-order valence-electron chi connectivity index (χ1n) is 4.54. The molecular formula is C10H15NO6. The topological polar surface area (TPSA) is 74.3 Å². The monoisotopic (exact) mass is 245 g/mol. The quantitative estimate of drug-likeness (QED) is 0.421. The van der Waals surface area contributed by atoms with E-state index in [1.165, 1.54) is 26.5 Å². The SMILES string of the molecule is COC(=O)OC=CC(=CN(C)C)OC(=O)OC. The predicted octanol–water partition coefficient (Wildman–Crippen LogP) is 1.47. The van der Waals surface area contributed by atoms with Gasteiger partial charge in [0, 0.05) is 26.4 Å². The summed E-state index contributed by atoms with van der Waals surface area (Å²) in [5.74, 6) is 0.144. The summed E-state index contributed by atoms with van der Waals surface area (Å²) in [4.78, 5) is 23.2. The minimum atomic E-state index is -0.874. The van der Waals surface area contributed by atoms with Gasteiger partial charge in [-0.1, -0.05) is 0 Å². The van der Waals surface area contributed by atoms with Gasteiger partial charge in [-0.3, -0.25) is 0 Å². The fourth-order valence-corrected chi connectivity index (χ4v) is 0.701. The summed E-state index contributed by atoms with van der Waals surface area (Å²) in [6, 6.07) is 0. The van der Waals surface area contributed by atoms with E-state index in [2.05, 4.69) is 14.2 Å². The van der Waals surface area contributed by atoms with E-state index < -0.39 is 12.3 Å². The highest BCUT2D eigenvalue weighted by atomic mass is 16.7. The maximum atomic E-state index is 10.9. The maximum Gasteiger partial charge on any atom is 0.513 e. The van der Waals surface area contributed by atoms with Crippen molar-refractivity contribution in [2.75, 3.05) is 28.3 Å². The molecule has 0 aliphatic rings. The molecule has 7 heteroatoms. The molecule has 0 bridgehead atoms. The fourth-order valence-electron chi connectivity index (χ4n) is 0.701. The van der Waals surface area contributed by atoms with Gasteiger partial charge in [-0.05, 0) is 0 Å². The lowest BCUT2D eigenvalue weighted by atomic mass is 10.5. The van der Waals surface area contributed by atoms with Crippen molar-refractivity contribution in [1.82, 2.24) is 4.90 Å². The van der Waals surface area contributed by atoms with E-state index in [1.807, 2.05) is 0 Å². The van der Waals surface area contributed by atoms with Crippen LogP contribution in [0.15, 0.2) is 24.3 Å². The third-order valence-corrected chi connectivity index (χ3v) is 1.32. The lowest BCUT2D eigenvalue weighted by Crippen LogP contribution is -2.08. The van der Waals surface area contributed by atoms with Crippen molar-refractivity contribution in [3.8, 4) is 0 Å². The highest BCUT2D eigenvalue weighted by Gasteiger charge is 2.05. The number of carbonyl (C=O) groups is 2. The second kappa shape index (κ2) is 8.03. The highest BCUT2D eigenvalue weighted by Crippen LogP contribution is 2.03. The highest BCUT2D eigenvalue weighted by molar-refractivity contribution is 5.62. The molecule has 0 spiro atoms. The van der Waals surface area contributed by atoms with Crippen LogP contribution in [-0.4, -0.2) is 45.5 Å². The molecule has 0 rings (SSSR count). The molecule has 0 aromatic carbocycles. The zero-order valence-electron chi connectivity index (χ0n) is 10.1. The van der Waals surface area contributed by atoms with Crippen LogP contribution in [0.25, 0.3) is 0 Å². The Morgan fingerprint density at radius 3 is 2.12 bits per heavy atom. The van der Waals surface area contributed by atoms with Gasteiger partial charge in [0.05, 0.1) is 14.2 Å². The number of allylic oxidation sites excluding steroid dienone is 1. The van der Waals surface area contributed by atoms with E-state index >= 15 is 0 Å². The van der Waals surface area contributed by atoms with E-state index in [0.717, 1.165) is 6.26 Å². The van der Waals surface area contributed by atoms with Crippen LogP contribution < -0.4 is 0 Å². The van der Waals surface area contributed by atoms with Crippen molar-refractivity contribution in [1.29, 1.82) is 0 Å². The lowest BCUT2D eigenvalue weighted by molar-refractivity contribution is 0.0977. The molecule has 0 N–H and O–H groups in total. The van der Waals surface area contributed by atoms with E-state index in [9.17, 15) is 9.59 Å². The summed E-state index contributed by atoms with van der Waals surface area (Å²) in [7, 11) is 5.83. The smallest absolute Gasteiger partial charge is 0.437 e. The summed E-state index contributed by atoms with van der Waals surface area (Å²) in [6.45, 7) is 0. The average Bonchev–Trinajstić information content (AvgIpc) is 2.27. The molecule has 0 atom stereocenters. The number of nitrogens with zero attached hydrogens (tertiary/aromatic N) is 1. The molecule has 0 aliphatic carbocycles. The van der Waals surface area contributed by atoms with Gasteiger partial charge >= 0.3 is 12.3 Å². The van der Waals surface area contributed by atoms with Crippen molar-refractivity contribution < 1.29 is 28.5 Å². The van der Waals surface area contributed by atoms with Crippen molar-refractivity contribution in [3.05, 3.63) is 24.3 Å². The Bertz CT molecular complexity index is 321. The molecule has 0 saturated carbocycles. The summed E-state index contributed by atoms with van der Waals surface area (Å²) in [5, 5.41) is 0. The van der Waals surface area contributed by atoms with Gasteiger partial charge in [-0.25, -0.2) is 9.59 Å². The Balaban J connectivity index is 4.49. The van der Waals surface area contributed by atoms with Crippen LogP contribution in [0, 0.1) is 0 Å². The normalized spacial score (nSPS) is 10.9. The third-order valence-electron chi connectivity index (χ3n) is 1.32. The van der Waals surface area contributed by atoms with Crippen molar-refractivity contribution in [3.63, 3.8) is 0 Å². The van der Waals surface area contributed by atoms with Gasteiger partial charge in [0.2, 0.25) is 0 Å². The van der Waals surface area contributed by atoms with Crippen molar-refractivity contribution in [2.24, 2.45) is 0 Å². The minimum Gasteiger partial charge on any atom is -0.437 e. The third kappa shape index (κ3) is 7.71. The van der Waals surface area contributed by atoms with Crippen LogP contribution in [0.2, 0.25) is 0 Å². The van der Waals surface area contributed by atoms with Crippen LogP contribution in [0.1, 0.15) is 0 Å². The van der Waals surface area contributed by atoms with Gasteiger partial charge in [-0.15, -0.1) is 0 Å². The molecule has 0 aliphatic heterocycles. The standard InChI is InChI=1S/C10H15NO6/c1-11(2)7-8(17-10(13)15-4)5-6-16-9(12)14-3/h5-7H,1-4H3. The molecule has 0 heterocycles. The van der Waals surface area contributed by atoms with E-state index in [0.29, 0.717) is 0 Å². The zero-order valence-corrected chi connectivity index (χ0v) is 10.1. The van der Waals surface area contributed by atoms with Gasteiger partial charge < -0.3 is 23.8 Å². The second-order valence-electron chi connectivity index (χ2n) is 2.93. The number of ether oxygens (including phenoxy) is 4. The molecule has 0 saturated heterocycles. The van der Waals surface area contributed by atoms with E-state index in [4.69, 9.17) is 4.74 Å². The molecule has 17 heavy (non-hydrogen) atoms. The summed E-state index contributed by atoms with van der Waals surface area (Å²) in [6.07, 6.45) is 2.05. The second-order valence-corrected chi connectivity index (χ2v) is 2.93. The predicted molar refractivity (Wildman–Crippen MR) is 57.9 cm³/mol. The fraction of sp³-hybridized carbons (Fsp3) is 0.400. The zero-order chi connectivity index (χ0) is 13.3. The first-order chi connectivity index (χ1) is 7.99. The molecule has 0 aromatic rings. The summed E-state index contributed by atoms with van der Waals surface area (Å²) in [5.41, 5.74) is 0. The van der Waals surface area contributed by atoms with Crippen LogP contribution in [0.4, 0.5) is 9.59 Å². The largest absolute Gasteiger partial charge is 0.513 e. The van der Waals surface area contributed by atoms with Crippen LogP contribution in [-0.2, 0) is 18.9 Å². The van der Waals surface area contributed by atoms with E-state index in [-0.39, 0.29) is 5.76 Å². The molecule has 0 fully saturated rings. The molecule has 0 radical (unpaired) electrons. The summed E-state index contributed by atoms with van der Waals surface area (Å²) < 4.78 is 17.8. The van der Waals surface area contributed by atoms with Gasteiger partial charge in [0.25, 0.3) is 0 Å². The first kappa shape index (κ1) is 14.8. The number of rotatable bonds is 4. The molecular weight excluding hydrogens is 230 g/mol. The Labute approximate surface area is 99.2 Å². The lowest BCUT2D eigenvalue weighted by Gasteiger charge is -2.08. The van der Waals surface area contributed by atoms with Gasteiger partial charge in [0.15, 0.2) is 5.76 Å². The average molecular weight is 245 g/mol. The Morgan fingerprint density at radius 2 is 1.65 bits per heavy atom. The molecule has 0 unspecified atom stereocenters. The van der Waals surface area contributed by atoms with E-state index in [1.54, 1.807) is 19.0 Å². The van der Waals surface area contributed by atoms with Crippen LogP contribution in [0.5, 0.6) is 0 Å². The number of hydrogen-bond donors (Lipinski definition) is 0. The molecule has 7 nitrogen and oxygen atoms in total. The maximum absolute atomic E-state index is 10.9. The van der Waals surface area contributed by atoms with Crippen LogP contribution in [0.3, 0.4) is 0 Å². The Hall–Kier alpha value is -2.18. The first-order valence-corrected chi connectivity index (χ1v) is 4.54. The van der Waals surface area contributed by atoms with Crippen molar-refractivity contribution in [2.45, 2.75) is 0 Å². The Morgan fingerprint density at radius 1 is 1.06 bits per heavy atom. The molecule has 0 amide bonds. The van der Waals surface area contributed by atoms with Gasteiger partial charge in [-0.2, -0.15) is 0 Å². The number of methoxy groups -OCH3 is 2. The molecule has 96 valence electrons. The number of carbonyl (C=O) groups excluding carboxylic acids is 2. The molecule has 0 aromatic heterocycles. The van der Waals surface area contributed by atoms with Crippen molar-refractivity contribution >= 4 is 12.3 Å². The minimum absolute atomic E-state index is 0.144. The Kier molecular flexibility index (Phi) is 7.00.